The molecule has 1 unspecified atom stereocenters. The monoisotopic (exact) mass is 244 g/mol. The number of hydrogen-bond acceptors (Lipinski definition) is 3. The van der Waals surface area contributed by atoms with Crippen LogP contribution in [0.15, 0.2) is 36.5 Å². The minimum absolute atomic E-state index is 0.226. The molecule has 0 aliphatic heterocycles. The summed E-state index contributed by atoms with van der Waals surface area (Å²) in [6.45, 7) is 3.15. The standard InChI is InChI=1S/C15H20N2O/c1-12(6-4-10-16-2)18-15-9-3-8-14-13(15)7-5-11-17-14/h3,5,7-9,11-12,16H,4,6,10H2,1-2H3. The number of aromatic nitrogens is 1. The molecular weight excluding hydrogens is 224 g/mol. The van der Waals surface area contributed by atoms with Crippen LogP contribution in [-0.2, 0) is 0 Å². The molecule has 3 heteroatoms. The zero-order valence-corrected chi connectivity index (χ0v) is 11.0. The fraction of sp³-hybridized carbons (Fsp3) is 0.400. The quantitative estimate of drug-likeness (QED) is 0.793. The van der Waals surface area contributed by atoms with Gasteiger partial charge in [0.15, 0.2) is 0 Å². The van der Waals surface area contributed by atoms with E-state index in [4.69, 9.17) is 4.74 Å². The Kier molecular flexibility index (Phi) is 4.53. The average molecular weight is 244 g/mol. The van der Waals surface area contributed by atoms with E-state index in [1.165, 1.54) is 0 Å². The third kappa shape index (κ3) is 3.20. The van der Waals surface area contributed by atoms with Gasteiger partial charge in [0.25, 0.3) is 0 Å². The Morgan fingerprint density at radius 2 is 2.17 bits per heavy atom. The molecule has 0 saturated carbocycles. The molecule has 1 heterocycles. The van der Waals surface area contributed by atoms with Crippen molar-refractivity contribution in [2.45, 2.75) is 25.9 Å². The molecule has 1 aromatic heterocycles. The molecule has 18 heavy (non-hydrogen) atoms. The first-order chi connectivity index (χ1) is 8.81. The van der Waals surface area contributed by atoms with E-state index in [1.807, 2.05) is 37.5 Å². The van der Waals surface area contributed by atoms with Gasteiger partial charge in [0.05, 0.1) is 11.6 Å². The van der Waals surface area contributed by atoms with Crippen LogP contribution in [0.3, 0.4) is 0 Å². The molecule has 2 aromatic rings. The van der Waals surface area contributed by atoms with E-state index in [-0.39, 0.29) is 6.10 Å². The van der Waals surface area contributed by atoms with Gasteiger partial charge in [-0.25, -0.2) is 0 Å². The fourth-order valence-corrected chi connectivity index (χ4v) is 2.02. The maximum Gasteiger partial charge on any atom is 0.129 e. The lowest BCUT2D eigenvalue weighted by Crippen LogP contribution is -2.15. The van der Waals surface area contributed by atoms with Crippen LogP contribution in [0.25, 0.3) is 10.9 Å². The van der Waals surface area contributed by atoms with Crippen molar-refractivity contribution in [3.8, 4) is 5.75 Å². The van der Waals surface area contributed by atoms with E-state index < -0.39 is 0 Å². The number of benzene rings is 1. The molecule has 0 aliphatic rings. The molecule has 0 fully saturated rings. The van der Waals surface area contributed by atoms with E-state index >= 15 is 0 Å². The van der Waals surface area contributed by atoms with Gasteiger partial charge >= 0.3 is 0 Å². The summed E-state index contributed by atoms with van der Waals surface area (Å²) in [7, 11) is 1.97. The van der Waals surface area contributed by atoms with Crippen molar-refractivity contribution < 1.29 is 4.74 Å². The number of hydrogen-bond donors (Lipinski definition) is 1. The van der Waals surface area contributed by atoms with Gasteiger partial charge in [0.1, 0.15) is 5.75 Å². The molecule has 0 saturated heterocycles. The van der Waals surface area contributed by atoms with Crippen LogP contribution in [0.2, 0.25) is 0 Å². The maximum atomic E-state index is 6.01. The summed E-state index contributed by atoms with van der Waals surface area (Å²) in [6.07, 6.45) is 4.21. The molecule has 2 rings (SSSR count). The highest BCUT2D eigenvalue weighted by Crippen LogP contribution is 2.25. The molecule has 0 radical (unpaired) electrons. The van der Waals surface area contributed by atoms with Crippen molar-refractivity contribution in [1.29, 1.82) is 0 Å². The molecule has 0 bridgehead atoms. The number of pyridine rings is 1. The van der Waals surface area contributed by atoms with E-state index in [2.05, 4.69) is 23.3 Å². The molecule has 0 spiro atoms. The van der Waals surface area contributed by atoms with Crippen molar-refractivity contribution in [3.05, 3.63) is 36.5 Å². The van der Waals surface area contributed by atoms with Crippen molar-refractivity contribution in [2.75, 3.05) is 13.6 Å². The van der Waals surface area contributed by atoms with Gasteiger partial charge in [-0.1, -0.05) is 6.07 Å². The summed E-state index contributed by atoms with van der Waals surface area (Å²) in [4.78, 5) is 4.33. The van der Waals surface area contributed by atoms with Gasteiger partial charge in [-0.3, -0.25) is 4.98 Å². The van der Waals surface area contributed by atoms with Gasteiger partial charge in [-0.2, -0.15) is 0 Å². The first kappa shape index (κ1) is 12.8. The number of rotatable bonds is 6. The number of nitrogens with zero attached hydrogens (tertiary/aromatic N) is 1. The summed E-state index contributed by atoms with van der Waals surface area (Å²) in [5.74, 6) is 0.928. The lowest BCUT2D eigenvalue weighted by Gasteiger charge is -2.16. The third-order valence-corrected chi connectivity index (χ3v) is 2.97. The summed E-state index contributed by atoms with van der Waals surface area (Å²) in [6, 6.07) is 10.0. The lowest BCUT2D eigenvalue weighted by molar-refractivity contribution is 0.210. The summed E-state index contributed by atoms with van der Waals surface area (Å²) in [5, 5.41) is 4.23. The molecule has 3 nitrogen and oxygen atoms in total. The smallest absolute Gasteiger partial charge is 0.129 e. The van der Waals surface area contributed by atoms with Crippen molar-refractivity contribution >= 4 is 10.9 Å². The second-order valence-electron chi connectivity index (χ2n) is 4.50. The Morgan fingerprint density at radius 1 is 1.28 bits per heavy atom. The first-order valence-corrected chi connectivity index (χ1v) is 6.46. The minimum Gasteiger partial charge on any atom is -0.490 e. The van der Waals surface area contributed by atoms with Crippen molar-refractivity contribution in [1.82, 2.24) is 10.3 Å². The second-order valence-corrected chi connectivity index (χ2v) is 4.50. The molecular formula is C15H20N2O. The normalized spacial score (nSPS) is 12.6. The van der Waals surface area contributed by atoms with Crippen LogP contribution in [0.5, 0.6) is 5.75 Å². The van der Waals surface area contributed by atoms with Crippen LogP contribution in [0.1, 0.15) is 19.8 Å². The number of fused-ring (bicyclic) bond motifs is 1. The topological polar surface area (TPSA) is 34.1 Å². The fourth-order valence-electron chi connectivity index (χ4n) is 2.02. The molecule has 0 aliphatic carbocycles. The van der Waals surface area contributed by atoms with Gasteiger partial charge in [-0.05, 0) is 57.6 Å². The van der Waals surface area contributed by atoms with Gasteiger partial charge in [-0.15, -0.1) is 0 Å². The van der Waals surface area contributed by atoms with Crippen molar-refractivity contribution in [2.24, 2.45) is 0 Å². The van der Waals surface area contributed by atoms with Gasteiger partial charge < -0.3 is 10.1 Å². The minimum atomic E-state index is 0.226. The molecule has 0 amide bonds. The zero-order valence-electron chi connectivity index (χ0n) is 11.0. The lowest BCUT2D eigenvalue weighted by atomic mass is 10.2. The summed E-state index contributed by atoms with van der Waals surface area (Å²) >= 11 is 0. The van der Waals surface area contributed by atoms with E-state index in [0.29, 0.717) is 0 Å². The molecule has 1 aromatic carbocycles. The summed E-state index contributed by atoms with van der Waals surface area (Å²) < 4.78 is 6.01. The zero-order chi connectivity index (χ0) is 12.8. The predicted octanol–water partition coefficient (Wildman–Crippen LogP) is 3.00. The Morgan fingerprint density at radius 3 is 3.00 bits per heavy atom. The van der Waals surface area contributed by atoms with Crippen LogP contribution in [0.4, 0.5) is 0 Å². The van der Waals surface area contributed by atoms with E-state index in [0.717, 1.165) is 36.0 Å². The Hall–Kier alpha value is -1.61. The van der Waals surface area contributed by atoms with E-state index in [1.54, 1.807) is 0 Å². The highest BCUT2D eigenvalue weighted by molar-refractivity contribution is 5.84. The van der Waals surface area contributed by atoms with Crippen molar-refractivity contribution in [3.63, 3.8) is 0 Å². The van der Waals surface area contributed by atoms with Crippen LogP contribution in [0, 0.1) is 0 Å². The average Bonchev–Trinajstić information content (AvgIpc) is 2.39. The molecule has 96 valence electrons. The van der Waals surface area contributed by atoms with Gasteiger partial charge in [0.2, 0.25) is 0 Å². The Bertz CT molecular complexity index is 493. The predicted molar refractivity (Wildman–Crippen MR) is 75.0 cm³/mol. The second kappa shape index (κ2) is 6.36. The SMILES string of the molecule is CNCCCC(C)Oc1cccc2ncccc12. The number of ether oxygens (including phenoxy) is 1. The van der Waals surface area contributed by atoms with Crippen LogP contribution < -0.4 is 10.1 Å². The third-order valence-electron chi connectivity index (χ3n) is 2.97. The summed E-state index contributed by atoms with van der Waals surface area (Å²) in [5.41, 5.74) is 0.984. The Balaban J connectivity index is 2.07. The highest BCUT2D eigenvalue weighted by atomic mass is 16.5. The van der Waals surface area contributed by atoms with E-state index in [9.17, 15) is 0 Å². The Labute approximate surface area is 108 Å². The number of nitrogens with one attached hydrogen (secondary N) is 1. The molecule has 1 atom stereocenters. The first-order valence-electron chi connectivity index (χ1n) is 6.46. The largest absolute Gasteiger partial charge is 0.490 e. The van der Waals surface area contributed by atoms with Crippen LogP contribution >= 0.6 is 0 Å². The maximum absolute atomic E-state index is 6.01. The molecule has 1 N–H and O–H groups in total. The van der Waals surface area contributed by atoms with Crippen LogP contribution in [-0.4, -0.2) is 24.7 Å². The highest BCUT2D eigenvalue weighted by Gasteiger charge is 2.07. The van der Waals surface area contributed by atoms with Gasteiger partial charge in [0, 0.05) is 11.6 Å².